The lowest BCUT2D eigenvalue weighted by atomic mass is 9.79. The molecule has 2 N–H and O–H groups in total. The Balaban J connectivity index is 2.39. The molecule has 0 saturated heterocycles. The monoisotopic (exact) mass is 233 g/mol. The minimum absolute atomic E-state index is 0.0915. The fraction of sp³-hybridized carbons (Fsp3) is 0.500. The average molecular weight is 233 g/mol. The Morgan fingerprint density at radius 1 is 1.29 bits per heavy atom. The van der Waals surface area contributed by atoms with Crippen LogP contribution in [0.1, 0.15) is 32.8 Å². The molecule has 1 aliphatic heterocycles. The molecular formula is C14H19NO2. The Morgan fingerprint density at radius 3 is 2.59 bits per heavy atom. The Morgan fingerprint density at radius 2 is 1.94 bits per heavy atom. The first-order chi connectivity index (χ1) is 7.96. The van der Waals surface area contributed by atoms with Crippen LogP contribution in [0.25, 0.3) is 0 Å². The van der Waals surface area contributed by atoms with Crippen molar-refractivity contribution in [3.8, 4) is 0 Å². The zero-order valence-electron chi connectivity index (χ0n) is 10.5. The number of benzene rings is 1. The van der Waals surface area contributed by atoms with Crippen molar-refractivity contribution >= 4 is 11.6 Å². The van der Waals surface area contributed by atoms with Gasteiger partial charge in [-0.2, -0.15) is 0 Å². The third-order valence-corrected chi connectivity index (χ3v) is 3.47. The first-order valence-electron chi connectivity index (χ1n) is 6.09. The molecule has 0 aromatic heterocycles. The summed E-state index contributed by atoms with van der Waals surface area (Å²) in [6, 6.07) is 7.36. The van der Waals surface area contributed by atoms with E-state index in [2.05, 4.69) is 19.2 Å². The van der Waals surface area contributed by atoms with Gasteiger partial charge in [-0.15, -0.1) is 0 Å². The third kappa shape index (κ3) is 1.84. The minimum Gasteiger partial charge on any atom is -0.375 e. The second kappa shape index (κ2) is 4.15. The van der Waals surface area contributed by atoms with E-state index >= 15 is 0 Å². The van der Waals surface area contributed by atoms with E-state index in [1.165, 1.54) is 0 Å². The lowest BCUT2D eigenvalue weighted by Crippen LogP contribution is -2.41. The van der Waals surface area contributed by atoms with E-state index in [4.69, 9.17) is 0 Å². The van der Waals surface area contributed by atoms with Gasteiger partial charge >= 0.3 is 0 Å². The number of hydrogen-bond donors (Lipinski definition) is 2. The van der Waals surface area contributed by atoms with Gasteiger partial charge in [0.15, 0.2) is 5.60 Å². The van der Waals surface area contributed by atoms with E-state index in [0.717, 1.165) is 12.1 Å². The quantitative estimate of drug-likeness (QED) is 0.842. The smallest absolute Gasteiger partial charge is 0.261 e. The van der Waals surface area contributed by atoms with Gasteiger partial charge in [0.2, 0.25) is 0 Å². The summed E-state index contributed by atoms with van der Waals surface area (Å²) < 4.78 is 0. The molecule has 0 radical (unpaired) electrons. The van der Waals surface area contributed by atoms with E-state index in [-0.39, 0.29) is 11.8 Å². The zero-order chi connectivity index (χ0) is 12.6. The molecule has 0 saturated carbocycles. The summed E-state index contributed by atoms with van der Waals surface area (Å²) in [5.74, 6) is 0.0626. The molecule has 2 rings (SSSR count). The van der Waals surface area contributed by atoms with Gasteiger partial charge in [0.25, 0.3) is 5.91 Å². The topological polar surface area (TPSA) is 49.3 Å². The van der Waals surface area contributed by atoms with Gasteiger partial charge in [0, 0.05) is 11.3 Å². The number of rotatable bonds is 3. The average Bonchev–Trinajstić information content (AvgIpc) is 2.52. The number of para-hydroxylation sites is 1. The second-order valence-corrected chi connectivity index (χ2v) is 5.30. The maximum atomic E-state index is 12.0. The Labute approximate surface area is 102 Å². The molecule has 1 heterocycles. The minimum atomic E-state index is -1.37. The van der Waals surface area contributed by atoms with Crippen LogP contribution in [0.4, 0.5) is 5.69 Å². The first-order valence-corrected chi connectivity index (χ1v) is 6.09. The van der Waals surface area contributed by atoms with Crippen LogP contribution in [0.3, 0.4) is 0 Å². The normalized spacial score (nSPS) is 24.6. The number of nitrogens with one attached hydrogen (secondary N) is 1. The molecule has 92 valence electrons. The maximum absolute atomic E-state index is 12.0. The highest BCUT2D eigenvalue weighted by Gasteiger charge is 2.48. The third-order valence-electron chi connectivity index (χ3n) is 3.47. The molecule has 1 amide bonds. The molecule has 0 fully saturated rings. The van der Waals surface area contributed by atoms with Gasteiger partial charge in [-0.05, 0) is 24.3 Å². The molecule has 0 spiro atoms. The van der Waals surface area contributed by atoms with Crippen molar-refractivity contribution in [1.82, 2.24) is 0 Å². The molecule has 1 aromatic carbocycles. The lowest BCUT2D eigenvalue weighted by Gasteiger charge is -2.29. The van der Waals surface area contributed by atoms with Crippen molar-refractivity contribution in [2.45, 2.75) is 32.8 Å². The van der Waals surface area contributed by atoms with Crippen molar-refractivity contribution in [1.29, 1.82) is 0 Å². The largest absolute Gasteiger partial charge is 0.375 e. The molecule has 3 heteroatoms. The van der Waals surface area contributed by atoms with Crippen molar-refractivity contribution in [3.63, 3.8) is 0 Å². The standard InChI is InChI=1S/C14H19NO2/c1-9(2)8-10(3)14(17)11-6-4-5-7-12(11)15-13(14)16/h4-7,9-10,17H,8H2,1-3H3,(H,15,16). The second-order valence-electron chi connectivity index (χ2n) is 5.30. The van der Waals surface area contributed by atoms with Crippen LogP contribution in [0.5, 0.6) is 0 Å². The number of fused-ring (bicyclic) bond motifs is 1. The van der Waals surface area contributed by atoms with Crippen LogP contribution in [0, 0.1) is 11.8 Å². The first kappa shape index (κ1) is 12.1. The summed E-state index contributed by atoms with van der Waals surface area (Å²) in [6.07, 6.45) is 0.818. The van der Waals surface area contributed by atoms with Gasteiger partial charge in [-0.3, -0.25) is 4.79 Å². The van der Waals surface area contributed by atoms with Gasteiger partial charge in [0.05, 0.1) is 0 Å². The van der Waals surface area contributed by atoms with Crippen molar-refractivity contribution in [2.24, 2.45) is 11.8 Å². The molecule has 1 aliphatic rings. The van der Waals surface area contributed by atoms with Crippen LogP contribution in [0.2, 0.25) is 0 Å². The highest BCUT2D eigenvalue weighted by Crippen LogP contribution is 2.42. The van der Waals surface area contributed by atoms with Crippen molar-refractivity contribution in [2.75, 3.05) is 5.32 Å². The number of amides is 1. The molecule has 2 unspecified atom stereocenters. The maximum Gasteiger partial charge on any atom is 0.261 e. The van der Waals surface area contributed by atoms with Crippen molar-refractivity contribution < 1.29 is 9.90 Å². The molecule has 0 aliphatic carbocycles. The Kier molecular flexibility index (Phi) is 2.96. The fourth-order valence-corrected chi connectivity index (χ4v) is 2.63. The van der Waals surface area contributed by atoms with Gasteiger partial charge < -0.3 is 10.4 Å². The highest BCUT2D eigenvalue weighted by atomic mass is 16.3. The number of anilines is 1. The van der Waals surface area contributed by atoms with Gasteiger partial charge in [-0.1, -0.05) is 39.0 Å². The molecule has 1 aromatic rings. The van der Waals surface area contributed by atoms with Gasteiger partial charge in [-0.25, -0.2) is 0 Å². The molecule has 3 nitrogen and oxygen atoms in total. The summed E-state index contributed by atoms with van der Waals surface area (Å²) in [4.78, 5) is 12.0. The summed E-state index contributed by atoms with van der Waals surface area (Å²) in [5, 5.41) is 13.5. The van der Waals surface area contributed by atoms with Crippen LogP contribution < -0.4 is 5.32 Å². The molecule has 2 atom stereocenters. The molecule has 0 bridgehead atoms. The molecular weight excluding hydrogens is 214 g/mol. The van der Waals surface area contributed by atoms with E-state index < -0.39 is 5.60 Å². The van der Waals surface area contributed by atoms with E-state index in [1.54, 1.807) is 0 Å². The number of hydrogen-bond acceptors (Lipinski definition) is 2. The summed E-state index contributed by atoms with van der Waals surface area (Å²) in [5.41, 5.74) is 0.0645. The highest BCUT2D eigenvalue weighted by molar-refractivity contribution is 6.05. The van der Waals surface area contributed by atoms with Crippen LogP contribution in [0.15, 0.2) is 24.3 Å². The molecule has 17 heavy (non-hydrogen) atoms. The predicted octanol–water partition coefficient (Wildman–Crippen LogP) is 2.51. The van der Waals surface area contributed by atoms with E-state index in [0.29, 0.717) is 11.5 Å². The zero-order valence-corrected chi connectivity index (χ0v) is 10.5. The van der Waals surface area contributed by atoms with Crippen LogP contribution in [-0.4, -0.2) is 11.0 Å². The van der Waals surface area contributed by atoms with Crippen molar-refractivity contribution in [3.05, 3.63) is 29.8 Å². The summed E-state index contributed by atoms with van der Waals surface area (Å²) >= 11 is 0. The van der Waals surface area contributed by atoms with Crippen LogP contribution >= 0.6 is 0 Å². The van der Waals surface area contributed by atoms with Crippen LogP contribution in [-0.2, 0) is 10.4 Å². The van der Waals surface area contributed by atoms with Gasteiger partial charge in [0.1, 0.15) is 0 Å². The SMILES string of the molecule is CC(C)CC(C)C1(O)C(=O)Nc2ccccc21. The number of carbonyl (C=O) groups is 1. The van der Waals surface area contributed by atoms with E-state index in [9.17, 15) is 9.90 Å². The summed E-state index contributed by atoms with van der Waals surface area (Å²) in [7, 11) is 0. The number of aliphatic hydroxyl groups is 1. The number of carbonyl (C=O) groups excluding carboxylic acids is 1. The fourth-order valence-electron chi connectivity index (χ4n) is 2.63. The Bertz CT molecular complexity index is 442. The Hall–Kier alpha value is -1.35. The lowest BCUT2D eigenvalue weighted by molar-refractivity contribution is -0.139. The summed E-state index contributed by atoms with van der Waals surface area (Å²) in [6.45, 7) is 6.12. The predicted molar refractivity (Wildman–Crippen MR) is 67.6 cm³/mol. The van der Waals surface area contributed by atoms with E-state index in [1.807, 2.05) is 31.2 Å².